The number of alkyl halides is 2. The molecule has 0 radical (unpaired) electrons. The van der Waals surface area contributed by atoms with Crippen LogP contribution >= 0.6 is 0 Å². The highest BCUT2D eigenvalue weighted by Gasteiger charge is 2.65. The molecular weight excluding hydrogens is 1170 g/mol. The molecule has 3 heterocycles. The van der Waals surface area contributed by atoms with Crippen molar-refractivity contribution in [2.24, 2.45) is 27.6 Å². The van der Waals surface area contributed by atoms with Crippen molar-refractivity contribution in [3.8, 4) is 11.5 Å². The molecule has 1 aliphatic carbocycles. The van der Waals surface area contributed by atoms with Gasteiger partial charge in [-0.05, 0) is 185 Å². The molecule has 0 aromatic heterocycles. The summed E-state index contributed by atoms with van der Waals surface area (Å²) < 4.78 is 88.6. The van der Waals surface area contributed by atoms with Crippen molar-refractivity contribution in [3.63, 3.8) is 0 Å². The third kappa shape index (κ3) is 18.5. The Kier molecular flexibility index (Phi) is 25.1. The van der Waals surface area contributed by atoms with Gasteiger partial charge in [0, 0.05) is 0 Å². The van der Waals surface area contributed by atoms with Gasteiger partial charge in [-0.1, -0.05) is 113 Å². The molecule has 4 aliphatic rings. The molecule has 15 nitrogen and oxygen atoms in total. The highest BCUT2D eigenvalue weighted by atomic mass is 32.2. The molecule has 3 fully saturated rings. The van der Waals surface area contributed by atoms with Gasteiger partial charge >= 0.3 is 35.1 Å². The Hall–Kier alpha value is -6.67. The van der Waals surface area contributed by atoms with Crippen molar-refractivity contribution in [1.29, 1.82) is 0 Å². The molecule has 19 heteroatoms. The third-order valence-electron chi connectivity index (χ3n) is 16.8. The van der Waals surface area contributed by atoms with Crippen molar-refractivity contribution < 1.29 is 79.3 Å². The number of phenolic OH excluding ortho intramolecular Hbond substituents is 1. The first-order valence-corrected chi connectivity index (χ1v) is 32.6. The summed E-state index contributed by atoms with van der Waals surface area (Å²) in [4.78, 5) is 63.0. The summed E-state index contributed by atoms with van der Waals surface area (Å²) in [5.41, 5.74) is 0.138. The minimum atomic E-state index is -5.86. The predicted molar refractivity (Wildman–Crippen MR) is 331 cm³/mol. The first-order valence-electron chi connectivity index (χ1n) is 30.0. The van der Waals surface area contributed by atoms with E-state index >= 15 is 0 Å². The van der Waals surface area contributed by atoms with Crippen LogP contribution < -0.4 is 4.74 Å². The van der Waals surface area contributed by atoms with Crippen LogP contribution in [0.3, 0.4) is 0 Å². The van der Waals surface area contributed by atoms with Crippen LogP contribution in [0.5, 0.6) is 11.5 Å². The molecule has 9 rings (SSSR count). The second kappa shape index (κ2) is 30.7. The number of hydrogen-bond donors (Lipinski definition) is 1. The van der Waals surface area contributed by atoms with Gasteiger partial charge in [-0.2, -0.15) is 8.78 Å². The average Bonchev–Trinajstić information content (AvgIpc) is 2.78. The number of carbonyl (C=O) groups is 5. The average molecular weight is 1260 g/mol. The molecule has 0 amide bonds. The van der Waals surface area contributed by atoms with Gasteiger partial charge in [0.25, 0.3) is 0 Å². The number of esters is 5. The van der Waals surface area contributed by atoms with Crippen LogP contribution in [-0.4, -0.2) is 83.7 Å². The lowest BCUT2D eigenvalue weighted by molar-refractivity contribution is -0.170. The van der Waals surface area contributed by atoms with Gasteiger partial charge in [-0.3, -0.25) is 24.0 Å². The maximum Gasteiger partial charge on any atom is 0.369 e. The van der Waals surface area contributed by atoms with Crippen molar-refractivity contribution >= 4 is 50.9 Å². The quantitative estimate of drug-likeness (QED) is 0.0301. The Labute approximate surface area is 521 Å². The van der Waals surface area contributed by atoms with E-state index in [2.05, 4.69) is 121 Å². The minimum Gasteiger partial charge on any atom is -0.743 e. The third-order valence-corrected chi connectivity index (χ3v) is 20.1. The maximum atomic E-state index is 13.0. The molecular formula is C69H88F2O15S2. The van der Waals surface area contributed by atoms with Crippen molar-refractivity contribution in [2.75, 3.05) is 0 Å². The van der Waals surface area contributed by atoms with Crippen LogP contribution in [0.15, 0.2) is 154 Å². The summed E-state index contributed by atoms with van der Waals surface area (Å²) in [6.45, 7) is 24.7. The molecule has 1 N–H and O–H groups in total. The number of ether oxygens (including phenoxy) is 6. The number of benzene rings is 5. The lowest BCUT2D eigenvalue weighted by Crippen LogP contribution is -2.44. The highest BCUT2D eigenvalue weighted by molar-refractivity contribution is 7.97. The number of rotatable bonds is 17. The topological polar surface area (TPSA) is 218 Å². The van der Waals surface area contributed by atoms with Crippen LogP contribution in [-0.2, 0) is 68.7 Å². The van der Waals surface area contributed by atoms with Crippen LogP contribution in [0.4, 0.5) is 8.78 Å². The molecule has 8 atom stereocenters. The molecule has 3 aliphatic heterocycles. The van der Waals surface area contributed by atoms with E-state index in [4.69, 9.17) is 28.8 Å². The molecule has 0 spiro atoms. The van der Waals surface area contributed by atoms with E-state index < -0.39 is 61.3 Å². The van der Waals surface area contributed by atoms with E-state index in [0.29, 0.717) is 37.9 Å². The maximum absolute atomic E-state index is 13.0. The van der Waals surface area contributed by atoms with Gasteiger partial charge in [0.2, 0.25) is 0 Å². The normalized spacial score (nSPS) is 20.5. The predicted octanol–water partition coefficient (Wildman–Crippen LogP) is 14.7. The number of fused-ring (bicyclic) bond motifs is 2. The van der Waals surface area contributed by atoms with Crippen molar-refractivity contribution in [3.05, 3.63) is 151 Å². The molecule has 5 aromatic carbocycles. The number of halogens is 2. The van der Waals surface area contributed by atoms with Crippen LogP contribution in [0.1, 0.15) is 165 Å². The highest BCUT2D eigenvalue weighted by Crippen LogP contribution is 2.48. The van der Waals surface area contributed by atoms with E-state index in [1.54, 1.807) is 19.1 Å². The van der Waals surface area contributed by atoms with Gasteiger partial charge < -0.3 is 38.1 Å². The summed E-state index contributed by atoms with van der Waals surface area (Å²) in [6, 6.07) is 46.6. The Balaban J connectivity index is 0.000000201. The molecule has 8 unspecified atom stereocenters. The second-order valence-electron chi connectivity index (χ2n) is 24.9. The molecule has 5 aromatic rings. The number of aromatic hydroxyl groups is 1. The Morgan fingerprint density at radius 1 is 0.614 bits per heavy atom. The van der Waals surface area contributed by atoms with Gasteiger partial charge in [-0.15, -0.1) is 0 Å². The fourth-order valence-electron chi connectivity index (χ4n) is 9.05. The van der Waals surface area contributed by atoms with Gasteiger partial charge in [0.1, 0.15) is 23.7 Å². The molecule has 0 saturated carbocycles. The summed E-state index contributed by atoms with van der Waals surface area (Å²) in [5.74, 6) is -0.731. The van der Waals surface area contributed by atoms with Gasteiger partial charge in [0.15, 0.2) is 43.1 Å². The Morgan fingerprint density at radius 3 is 1.49 bits per heavy atom. The standard InChI is InChI=1S/C18H15S.C17H24O2.C13H18O5.C12H16O3.C9H16F2O5S/c1-4-10-16(11-5-1)19(17-12-6-2-7-13-17)18-14-8-3-9-15-18;1-5-17(3,4)16(18)19-15-11-10-12(2)13-8-6-7-9-14(13)15;1-4-13(2,3)12(15)18-9-7-5-6-8(16-7)10(9)17-11(6)14;1-4-12(2,3)11(14)15-10-7-5-9(13)6-8-10;1-5-8(3,4)7(12)16-6(2)9(10,11)17(13,14)15/h1-15H;6-9,12,15H,5,10-11H2,1-4H3;6-10H,4-5H2,1-3H3;5-8,13H,4H2,1-3H3;6H,5H2,1-4H3,(H,13,14,15)/q+1;;;;/p-1. The van der Waals surface area contributed by atoms with Gasteiger partial charge in [-0.25, -0.2) is 8.42 Å². The first-order chi connectivity index (χ1) is 41.2. The van der Waals surface area contributed by atoms with Crippen LogP contribution in [0.25, 0.3) is 0 Å². The fourth-order valence-corrected chi connectivity index (χ4v) is 11.6. The van der Waals surface area contributed by atoms with Gasteiger partial charge in [0.05, 0.1) is 44.6 Å². The number of phenols is 1. The van der Waals surface area contributed by atoms with Crippen molar-refractivity contribution in [2.45, 2.75) is 204 Å². The lowest BCUT2D eigenvalue weighted by atomic mass is 9.82. The largest absolute Gasteiger partial charge is 0.743 e. The van der Waals surface area contributed by atoms with E-state index in [9.17, 15) is 45.7 Å². The zero-order chi connectivity index (χ0) is 65.6. The summed E-state index contributed by atoms with van der Waals surface area (Å²) in [7, 11) is -5.87. The number of hydrogen-bond acceptors (Lipinski definition) is 15. The molecule has 88 heavy (non-hydrogen) atoms. The summed E-state index contributed by atoms with van der Waals surface area (Å²) in [6.07, 6.45) is 1.63. The fraction of sp³-hybridized carbons (Fsp3) is 0.493. The minimum absolute atomic E-state index is 0.0146. The number of carbonyl (C=O) groups excluding carboxylic acids is 5. The van der Waals surface area contributed by atoms with Crippen LogP contribution in [0.2, 0.25) is 0 Å². The van der Waals surface area contributed by atoms with Crippen molar-refractivity contribution in [1.82, 2.24) is 0 Å². The molecule has 3 saturated heterocycles. The van der Waals surface area contributed by atoms with E-state index in [1.165, 1.54) is 51.8 Å². The summed E-state index contributed by atoms with van der Waals surface area (Å²) >= 11 is 0. The van der Waals surface area contributed by atoms with Crippen LogP contribution in [0, 0.1) is 27.6 Å². The Bertz CT molecular complexity index is 3120. The molecule has 2 bridgehead atoms. The Morgan fingerprint density at radius 2 is 1.03 bits per heavy atom. The van der Waals surface area contributed by atoms with E-state index in [0.717, 1.165) is 25.7 Å². The smallest absolute Gasteiger partial charge is 0.369 e. The summed E-state index contributed by atoms with van der Waals surface area (Å²) in [5, 5.41) is 4.42. The second-order valence-corrected chi connectivity index (χ2v) is 28.4. The van der Waals surface area contributed by atoms with E-state index in [-0.39, 0.29) is 64.8 Å². The first kappa shape index (κ1) is 72.1. The zero-order valence-corrected chi connectivity index (χ0v) is 54.7. The monoisotopic (exact) mass is 1260 g/mol. The lowest BCUT2D eigenvalue weighted by Gasteiger charge is -2.32. The molecule has 480 valence electrons. The van der Waals surface area contributed by atoms with E-state index in [1.807, 2.05) is 68.4 Å². The SMILES string of the molecule is CCC(C)(C)C(=O)OC(C)C(F)(F)S(=O)(=O)[O-].CCC(C)(C)C(=O)OC1C2CC3C(=O)OC1C3O2.CCC(C)(C)C(=O)OC1CCC(C)c2ccccc21.CCC(C)(C)C(=O)Oc1ccc(O)cc1.c1ccc([S+](c2ccccc2)c2ccccc2)cc1. The zero-order valence-electron chi connectivity index (χ0n) is 53.1.